The Balaban J connectivity index is 1.72. The van der Waals surface area contributed by atoms with E-state index in [1.807, 2.05) is 6.20 Å². The zero-order chi connectivity index (χ0) is 13.0. The van der Waals surface area contributed by atoms with Gasteiger partial charge in [0.15, 0.2) is 0 Å². The number of nitrogens with zero attached hydrogens (tertiary/aromatic N) is 3. The van der Waals surface area contributed by atoms with Gasteiger partial charge in [-0.2, -0.15) is 0 Å². The summed E-state index contributed by atoms with van der Waals surface area (Å²) in [5.74, 6) is 1.99. The van der Waals surface area contributed by atoms with Gasteiger partial charge >= 0.3 is 0 Å². The van der Waals surface area contributed by atoms with Crippen LogP contribution in [0.3, 0.4) is 0 Å². The van der Waals surface area contributed by atoms with Crippen LogP contribution in [-0.2, 0) is 13.1 Å². The van der Waals surface area contributed by atoms with Crippen LogP contribution in [0.1, 0.15) is 33.0 Å². The molecule has 18 heavy (non-hydrogen) atoms. The van der Waals surface area contributed by atoms with E-state index in [1.165, 1.54) is 12.2 Å². The van der Waals surface area contributed by atoms with Crippen LogP contribution in [-0.4, -0.2) is 40.1 Å². The standard InChI is InChI=1S/C14H26N4/c1-12(2)4-5-15-10-13(3)18-9-8-17-7-6-16-14(17)11-18/h6-7,12-13,15H,4-5,8-11H2,1-3H3. The lowest BCUT2D eigenvalue weighted by atomic mass is 10.1. The van der Waals surface area contributed by atoms with Crippen LogP contribution in [0.4, 0.5) is 0 Å². The maximum Gasteiger partial charge on any atom is 0.122 e. The van der Waals surface area contributed by atoms with E-state index in [0.29, 0.717) is 6.04 Å². The van der Waals surface area contributed by atoms with Gasteiger partial charge in [-0.25, -0.2) is 4.98 Å². The van der Waals surface area contributed by atoms with Gasteiger partial charge in [0, 0.05) is 38.1 Å². The number of fused-ring (bicyclic) bond motifs is 1. The molecule has 4 nitrogen and oxygen atoms in total. The first-order valence-electron chi connectivity index (χ1n) is 7.11. The van der Waals surface area contributed by atoms with E-state index in [0.717, 1.165) is 38.6 Å². The van der Waals surface area contributed by atoms with E-state index < -0.39 is 0 Å². The molecule has 1 aliphatic heterocycles. The number of hydrogen-bond donors (Lipinski definition) is 1. The lowest BCUT2D eigenvalue weighted by molar-refractivity contribution is 0.160. The summed E-state index contributed by atoms with van der Waals surface area (Å²) < 4.78 is 2.26. The second kappa shape index (κ2) is 6.34. The van der Waals surface area contributed by atoms with Gasteiger partial charge < -0.3 is 9.88 Å². The summed E-state index contributed by atoms with van der Waals surface area (Å²) >= 11 is 0. The van der Waals surface area contributed by atoms with Gasteiger partial charge in [0.1, 0.15) is 5.82 Å². The van der Waals surface area contributed by atoms with Gasteiger partial charge in [0.2, 0.25) is 0 Å². The van der Waals surface area contributed by atoms with Crippen molar-refractivity contribution < 1.29 is 0 Å². The first-order chi connectivity index (χ1) is 8.66. The summed E-state index contributed by atoms with van der Waals surface area (Å²) in [7, 11) is 0. The van der Waals surface area contributed by atoms with Crippen molar-refractivity contribution in [2.75, 3.05) is 19.6 Å². The third kappa shape index (κ3) is 3.56. The van der Waals surface area contributed by atoms with Gasteiger partial charge in [-0.15, -0.1) is 0 Å². The van der Waals surface area contributed by atoms with Crippen LogP contribution < -0.4 is 5.32 Å². The number of hydrogen-bond acceptors (Lipinski definition) is 3. The smallest absolute Gasteiger partial charge is 0.122 e. The minimum absolute atomic E-state index is 0.586. The average Bonchev–Trinajstić information content (AvgIpc) is 2.81. The molecule has 2 rings (SSSR count). The molecule has 1 aliphatic rings. The van der Waals surface area contributed by atoms with E-state index in [-0.39, 0.29) is 0 Å². The van der Waals surface area contributed by atoms with Crippen LogP contribution in [0.2, 0.25) is 0 Å². The second-order valence-electron chi connectivity index (χ2n) is 5.74. The summed E-state index contributed by atoms with van der Waals surface area (Å²) in [4.78, 5) is 6.93. The van der Waals surface area contributed by atoms with E-state index in [9.17, 15) is 0 Å². The Morgan fingerprint density at radius 1 is 1.33 bits per heavy atom. The van der Waals surface area contributed by atoms with Gasteiger partial charge in [0.05, 0.1) is 6.54 Å². The molecule has 0 saturated carbocycles. The fraction of sp³-hybridized carbons (Fsp3) is 0.786. The molecule has 4 heteroatoms. The number of rotatable bonds is 6. The molecule has 0 bridgehead atoms. The minimum atomic E-state index is 0.586. The van der Waals surface area contributed by atoms with Crippen molar-refractivity contribution in [3.05, 3.63) is 18.2 Å². The monoisotopic (exact) mass is 250 g/mol. The molecule has 102 valence electrons. The summed E-state index contributed by atoms with van der Waals surface area (Å²) in [5.41, 5.74) is 0. The lowest BCUT2D eigenvalue weighted by Crippen LogP contribution is -2.44. The van der Waals surface area contributed by atoms with Crippen molar-refractivity contribution >= 4 is 0 Å². The number of imidazole rings is 1. The zero-order valence-electron chi connectivity index (χ0n) is 11.9. The van der Waals surface area contributed by atoms with E-state index >= 15 is 0 Å². The summed E-state index contributed by atoms with van der Waals surface area (Å²) in [6.07, 6.45) is 5.25. The summed E-state index contributed by atoms with van der Waals surface area (Å²) in [5, 5.41) is 3.56. The van der Waals surface area contributed by atoms with Crippen molar-refractivity contribution in [1.82, 2.24) is 19.8 Å². The Morgan fingerprint density at radius 2 is 2.17 bits per heavy atom. The van der Waals surface area contributed by atoms with Crippen molar-refractivity contribution in [2.24, 2.45) is 5.92 Å². The summed E-state index contributed by atoms with van der Waals surface area (Å²) in [6, 6.07) is 0.586. The molecule has 0 aromatic carbocycles. The first kappa shape index (κ1) is 13.6. The van der Waals surface area contributed by atoms with Gasteiger partial charge in [-0.1, -0.05) is 13.8 Å². The van der Waals surface area contributed by atoms with Gasteiger partial charge in [-0.3, -0.25) is 4.90 Å². The highest BCUT2D eigenvalue weighted by molar-refractivity contribution is 4.96. The number of aromatic nitrogens is 2. The quantitative estimate of drug-likeness (QED) is 0.781. The summed E-state index contributed by atoms with van der Waals surface area (Å²) in [6.45, 7) is 12.3. The van der Waals surface area contributed by atoms with Crippen LogP contribution in [0, 0.1) is 5.92 Å². The van der Waals surface area contributed by atoms with E-state index in [2.05, 4.69) is 46.7 Å². The Kier molecular flexibility index (Phi) is 4.78. The van der Waals surface area contributed by atoms with E-state index in [4.69, 9.17) is 0 Å². The van der Waals surface area contributed by atoms with Crippen molar-refractivity contribution in [2.45, 2.75) is 46.3 Å². The van der Waals surface area contributed by atoms with Crippen LogP contribution in [0.15, 0.2) is 12.4 Å². The zero-order valence-corrected chi connectivity index (χ0v) is 11.9. The molecule has 1 aromatic rings. The fourth-order valence-electron chi connectivity index (χ4n) is 2.40. The molecule has 1 atom stereocenters. The molecule has 0 aliphatic carbocycles. The SMILES string of the molecule is CC(C)CCNCC(C)N1CCn2ccnc2C1. The molecule has 0 saturated heterocycles. The molecule has 1 N–H and O–H groups in total. The lowest BCUT2D eigenvalue weighted by Gasteiger charge is -2.33. The van der Waals surface area contributed by atoms with Crippen molar-refractivity contribution in [3.63, 3.8) is 0 Å². The number of nitrogens with one attached hydrogen (secondary N) is 1. The Hall–Kier alpha value is -0.870. The second-order valence-corrected chi connectivity index (χ2v) is 5.74. The Labute approximate surface area is 110 Å². The highest BCUT2D eigenvalue weighted by Crippen LogP contribution is 2.12. The molecule has 0 fully saturated rings. The predicted molar refractivity (Wildman–Crippen MR) is 74.4 cm³/mol. The molecule has 0 radical (unpaired) electrons. The van der Waals surface area contributed by atoms with Crippen LogP contribution >= 0.6 is 0 Å². The fourth-order valence-corrected chi connectivity index (χ4v) is 2.40. The van der Waals surface area contributed by atoms with E-state index in [1.54, 1.807) is 0 Å². The van der Waals surface area contributed by atoms with Crippen molar-refractivity contribution in [3.8, 4) is 0 Å². The van der Waals surface area contributed by atoms with Gasteiger partial charge in [0.25, 0.3) is 0 Å². The molecular weight excluding hydrogens is 224 g/mol. The molecule has 0 spiro atoms. The highest BCUT2D eigenvalue weighted by Gasteiger charge is 2.20. The van der Waals surface area contributed by atoms with Crippen molar-refractivity contribution in [1.29, 1.82) is 0 Å². The largest absolute Gasteiger partial charge is 0.333 e. The molecule has 1 unspecified atom stereocenters. The normalized spacial score (nSPS) is 18.0. The third-order valence-electron chi connectivity index (χ3n) is 3.74. The predicted octanol–water partition coefficient (Wildman–Crippen LogP) is 1.72. The van der Waals surface area contributed by atoms with Gasteiger partial charge in [-0.05, 0) is 25.8 Å². The maximum atomic E-state index is 4.41. The molecule has 0 amide bonds. The van der Waals surface area contributed by atoms with Crippen LogP contribution in [0.5, 0.6) is 0 Å². The topological polar surface area (TPSA) is 33.1 Å². The Morgan fingerprint density at radius 3 is 2.94 bits per heavy atom. The first-order valence-corrected chi connectivity index (χ1v) is 7.11. The van der Waals surface area contributed by atoms with Crippen LogP contribution in [0.25, 0.3) is 0 Å². The molecule has 2 heterocycles. The third-order valence-corrected chi connectivity index (χ3v) is 3.74. The minimum Gasteiger partial charge on any atom is -0.333 e. The maximum absolute atomic E-state index is 4.41. The highest BCUT2D eigenvalue weighted by atomic mass is 15.3. The Bertz CT molecular complexity index is 358. The average molecular weight is 250 g/mol. The molecule has 1 aromatic heterocycles. The molecular formula is C14H26N4.